The van der Waals surface area contributed by atoms with Crippen molar-refractivity contribution >= 4 is 63.5 Å². The second-order valence-electron chi connectivity index (χ2n) is 4.57. The number of amides is 1. The fourth-order valence-electron chi connectivity index (χ4n) is 1.91. The minimum atomic E-state index is -0.123. The Bertz CT molecular complexity index is 814. The number of thioether (sulfide) groups is 1. The zero-order chi connectivity index (χ0) is 15.9. The van der Waals surface area contributed by atoms with Crippen molar-refractivity contribution in [1.82, 2.24) is 4.90 Å². The molecule has 2 aromatic rings. The Labute approximate surface area is 146 Å². The molecule has 0 radical (unpaired) electrons. The van der Waals surface area contributed by atoms with Crippen LogP contribution in [0.15, 0.2) is 39.7 Å². The summed E-state index contributed by atoms with van der Waals surface area (Å²) in [5, 5.41) is 0.952. The van der Waals surface area contributed by atoms with Gasteiger partial charge in [0.2, 0.25) is 0 Å². The van der Waals surface area contributed by atoms with Crippen molar-refractivity contribution in [3.8, 4) is 11.3 Å². The number of thiocarbonyl (C=S) groups is 1. The highest BCUT2D eigenvalue weighted by Gasteiger charge is 2.29. The van der Waals surface area contributed by atoms with E-state index in [1.54, 1.807) is 31.3 Å². The Morgan fingerprint density at radius 3 is 2.64 bits per heavy atom. The van der Waals surface area contributed by atoms with Gasteiger partial charge in [-0.05, 0) is 30.3 Å². The molecule has 0 bridgehead atoms. The highest BCUT2D eigenvalue weighted by atomic mass is 35.5. The molecule has 0 atom stereocenters. The number of hydrogen-bond donors (Lipinski definition) is 0. The summed E-state index contributed by atoms with van der Waals surface area (Å²) in [7, 11) is 1.65. The lowest BCUT2D eigenvalue weighted by Gasteiger charge is -2.03. The van der Waals surface area contributed by atoms with Gasteiger partial charge in [0.05, 0.1) is 15.0 Å². The molecule has 1 fully saturated rings. The summed E-state index contributed by atoms with van der Waals surface area (Å²) >= 11 is 18.3. The van der Waals surface area contributed by atoms with E-state index in [9.17, 15) is 4.79 Å². The molecule has 1 aliphatic heterocycles. The van der Waals surface area contributed by atoms with Gasteiger partial charge < -0.3 is 4.42 Å². The standard InChI is InChI=1S/C15H9Cl2NO2S2/c1-18-14(19)13(22-15(18)21)7-9-3-5-12(20-9)8-2-4-10(16)11(17)6-8/h2-7H,1H3. The average molecular weight is 370 g/mol. The monoisotopic (exact) mass is 369 g/mol. The molecule has 0 aliphatic carbocycles. The first-order valence-corrected chi connectivity index (χ1v) is 8.20. The normalized spacial score (nSPS) is 16.9. The van der Waals surface area contributed by atoms with Crippen molar-refractivity contribution in [3.63, 3.8) is 0 Å². The SMILES string of the molecule is CN1C(=O)C(=Cc2ccc(-c3ccc(Cl)c(Cl)c3)o2)SC1=S. The van der Waals surface area contributed by atoms with Crippen molar-refractivity contribution in [1.29, 1.82) is 0 Å². The van der Waals surface area contributed by atoms with Gasteiger partial charge in [0.25, 0.3) is 5.91 Å². The van der Waals surface area contributed by atoms with E-state index in [1.165, 1.54) is 16.7 Å². The second kappa shape index (κ2) is 6.08. The van der Waals surface area contributed by atoms with Crippen LogP contribution in [0.3, 0.4) is 0 Å². The predicted molar refractivity (Wildman–Crippen MR) is 95.1 cm³/mol. The van der Waals surface area contributed by atoms with Gasteiger partial charge in [-0.3, -0.25) is 9.69 Å². The summed E-state index contributed by atoms with van der Waals surface area (Å²) < 4.78 is 6.27. The maximum atomic E-state index is 12.0. The number of hydrogen-bond acceptors (Lipinski definition) is 4. The van der Waals surface area contributed by atoms with Crippen molar-refractivity contribution in [2.24, 2.45) is 0 Å². The minimum Gasteiger partial charge on any atom is -0.457 e. The Morgan fingerprint density at radius 2 is 2.00 bits per heavy atom. The molecule has 1 amide bonds. The molecule has 1 aromatic heterocycles. The number of halogens is 2. The number of carbonyl (C=O) groups excluding carboxylic acids is 1. The van der Waals surface area contributed by atoms with E-state index in [0.29, 0.717) is 30.8 Å². The molecule has 22 heavy (non-hydrogen) atoms. The Kier molecular flexibility index (Phi) is 4.32. The molecular weight excluding hydrogens is 361 g/mol. The minimum absolute atomic E-state index is 0.123. The first-order valence-electron chi connectivity index (χ1n) is 6.22. The average Bonchev–Trinajstić information content (AvgIpc) is 3.04. The fraction of sp³-hybridized carbons (Fsp3) is 0.0667. The number of furan rings is 1. The van der Waals surface area contributed by atoms with Gasteiger partial charge in [-0.15, -0.1) is 0 Å². The number of carbonyl (C=O) groups is 1. The van der Waals surface area contributed by atoms with Crippen molar-refractivity contribution in [2.45, 2.75) is 0 Å². The Morgan fingerprint density at radius 1 is 1.23 bits per heavy atom. The molecule has 7 heteroatoms. The summed E-state index contributed by atoms with van der Waals surface area (Å²) in [5.41, 5.74) is 0.817. The molecule has 0 unspecified atom stereocenters. The van der Waals surface area contributed by atoms with Crippen LogP contribution in [-0.4, -0.2) is 22.2 Å². The van der Waals surface area contributed by atoms with Gasteiger partial charge in [-0.1, -0.05) is 47.2 Å². The topological polar surface area (TPSA) is 33.5 Å². The number of benzene rings is 1. The highest BCUT2D eigenvalue weighted by molar-refractivity contribution is 8.26. The zero-order valence-corrected chi connectivity index (χ0v) is 14.4. The van der Waals surface area contributed by atoms with E-state index >= 15 is 0 Å². The van der Waals surface area contributed by atoms with Crippen molar-refractivity contribution < 1.29 is 9.21 Å². The summed E-state index contributed by atoms with van der Waals surface area (Å²) in [6, 6.07) is 8.88. The second-order valence-corrected chi connectivity index (χ2v) is 7.06. The smallest absolute Gasteiger partial charge is 0.266 e. The van der Waals surface area contributed by atoms with Crippen LogP contribution < -0.4 is 0 Å². The number of nitrogens with zero attached hydrogens (tertiary/aromatic N) is 1. The van der Waals surface area contributed by atoms with Gasteiger partial charge in [-0.2, -0.15) is 0 Å². The van der Waals surface area contributed by atoms with E-state index < -0.39 is 0 Å². The maximum absolute atomic E-state index is 12.0. The van der Waals surface area contributed by atoms with Crippen LogP contribution in [-0.2, 0) is 4.79 Å². The third-order valence-electron chi connectivity index (χ3n) is 3.09. The van der Waals surface area contributed by atoms with E-state index in [2.05, 4.69) is 0 Å². The molecule has 0 saturated carbocycles. The first-order chi connectivity index (χ1) is 10.5. The number of rotatable bonds is 2. The van der Waals surface area contributed by atoms with Crippen molar-refractivity contribution in [3.05, 3.63) is 51.0 Å². The van der Waals surface area contributed by atoms with Crippen molar-refractivity contribution in [2.75, 3.05) is 7.05 Å². The lowest BCUT2D eigenvalue weighted by molar-refractivity contribution is -0.121. The molecule has 1 aromatic carbocycles. The van der Waals surface area contributed by atoms with Crippen LogP contribution in [0.5, 0.6) is 0 Å². The largest absolute Gasteiger partial charge is 0.457 e. The van der Waals surface area contributed by atoms with E-state index in [0.717, 1.165) is 5.56 Å². The van der Waals surface area contributed by atoms with Crippen LogP contribution in [0, 0.1) is 0 Å². The van der Waals surface area contributed by atoms with Gasteiger partial charge >= 0.3 is 0 Å². The molecule has 1 saturated heterocycles. The molecule has 3 rings (SSSR count). The fourth-order valence-corrected chi connectivity index (χ4v) is 3.37. The van der Waals surface area contributed by atoms with Crippen LogP contribution in [0.4, 0.5) is 0 Å². The lowest BCUT2D eigenvalue weighted by Crippen LogP contribution is -2.22. The summed E-state index contributed by atoms with van der Waals surface area (Å²) in [6.07, 6.45) is 1.68. The quantitative estimate of drug-likeness (QED) is 0.545. The summed E-state index contributed by atoms with van der Waals surface area (Å²) in [5.74, 6) is 1.11. The Hall–Kier alpha value is -1.27. The molecule has 0 spiro atoms. The molecule has 2 heterocycles. The van der Waals surface area contributed by atoms with Crippen LogP contribution >= 0.6 is 47.2 Å². The van der Waals surface area contributed by atoms with Gasteiger partial charge in [0.15, 0.2) is 0 Å². The van der Waals surface area contributed by atoms with E-state index in [4.69, 9.17) is 39.8 Å². The molecule has 1 aliphatic rings. The van der Waals surface area contributed by atoms with Crippen LogP contribution in [0.1, 0.15) is 5.76 Å². The lowest BCUT2D eigenvalue weighted by atomic mass is 10.2. The zero-order valence-electron chi connectivity index (χ0n) is 11.3. The first kappa shape index (κ1) is 15.6. The maximum Gasteiger partial charge on any atom is 0.266 e. The van der Waals surface area contributed by atoms with Crippen LogP contribution in [0.2, 0.25) is 10.0 Å². The van der Waals surface area contributed by atoms with E-state index in [1.807, 2.05) is 12.1 Å². The van der Waals surface area contributed by atoms with Gasteiger partial charge in [-0.25, -0.2) is 0 Å². The molecule has 0 N–H and O–H groups in total. The van der Waals surface area contributed by atoms with Gasteiger partial charge in [0.1, 0.15) is 15.8 Å². The molecular formula is C15H9Cl2NO2S2. The third kappa shape index (κ3) is 2.94. The van der Waals surface area contributed by atoms with E-state index in [-0.39, 0.29) is 5.91 Å². The Balaban J connectivity index is 1.90. The third-order valence-corrected chi connectivity index (χ3v) is 5.31. The predicted octanol–water partition coefficient (Wildman–Crippen LogP) is 5.08. The highest BCUT2D eigenvalue weighted by Crippen LogP contribution is 2.33. The summed E-state index contributed by atoms with van der Waals surface area (Å²) in [6.45, 7) is 0. The van der Waals surface area contributed by atoms with Gasteiger partial charge in [0, 0.05) is 18.7 Å². The summed E-state index contributed by atoms with van der Waals surface area (Å²) in [4.78, 5) is 13.9. The van der Waals surface area contributed by atoms with Crippen LogP contribution in [0.25, 0.3) is 17.4 Å². The molecule has 112 valence electrons. The molecule has 3 nitrogen and oxygen atoms in total. The number of likely N-dealkylation sites (N-methyl/N-ethyl adjacent to an activating group) is 1.